The molecule has 4 rings (SSSR count). The number of likely N-dealkylation sites (tertiary alicyclic amines) is 1. The van der Waals surface area contributed by atoms with Gasteiger partial charge in [-0.1, -0.05) is 11.3 Å². The van der Waals surface area contributed by atoms with Gasteiger partial charge in [0.05, 0.1) is 10.4 Å². The zero-order valence-corrected chi connectivity index (χ0v) is 14.6. The minimum Gasteiger partial charge on any atom is -0.347 e. The van der Waals surface area contributed by atoms with Crippen LogP contribution < -0.4 is 4.90 Å². The van der Waals surface area contributed by atoms with Crippen molar-refractivity contribution in [3.63, 3.8) is 0 Å². The van der Waals surface area contributed by atoms with Gasteiger partial charge in [-0.05, 0) is 46.2 Å². The lowest BCUT2D eigenvalue weighted by Gasteiger charge is -2.47. The molecular formula is C16H25N5S. The van der Waals surface area contributed by atoms with Gasteiger partial charge in [-0.3, -0.25) is 0 Å². The van der Waals surface area contributed by atoms with Crippen molar-refractivity contribution in [1.82, 2.24) is 19.7 Å². The summed E-state index contributed by atoms with van der Waals surface area (Å²) in [6, 6.07) is 0. The number of hydrogen-bond acceptors (Lipinski definition) is 5. The molecule has 0 N–H and O–H groups in total. The van der Waals surface area contributed by atoms with Gasteiger partial charge in [-0.25, -0.2) is 9.67 Å². The summed E-state index contributed by atoms with van der Waals surface area (Å²) in [4.78, 5) is 9.93. The van der Waals surface area contributed by atoms with Crippen molar-refractivity contribution in [2.45, 2.75) is 32.6 Å². The summed E-state index contributed by atoms with van der Waals surface area (Å²) in [5, 5.41) is 5.66. The molecule has 2 saturated heterocycles. The number of rotatable bonds is 1. The first kappa shape index (κ1) is 14.5. The second-order valence-electron chi connectivity index (χ2n) is 7.22. The summed E-state index contributed by atoms with van der Waals surface area (Å²) < 4.78 is 3.16. The van der Waals surface area contributed by atoms with E-state index < -0.39 is 0 Å². The molecule has 0 bridgehead atoms. The van der Waals surface area contributed by atoms with Crippen molar-refractivity contribution in [2.24, 2.45) is 12.5 Å². The van der Waals surface area contributed by atoms with Gasteiger partial charge in [-0.2, -0.15) is 5.10 Å². The number of aromatic nitrogens is 3. The Morgan fingerprint density at radius 1 is 1.09 bits per heavy atom. The highest BCUT2D eigenvalue weighted by Crippen LogP contribution is 2.41. The molecule has 4 heterocycles. The summed E-state index contributed by atoms with van der Waals surface area (Å²) >= 11 is 1.82. The minimum absolute atomic E-state index is 0.483. The molecule has 0 aromatic carbocycles. The summed E-state index contributed by atoms with van der Waals surface area (Å²) in [5.74, 6) is 0. The molecule has 0 unspecified atom stereocenters. The first-order valence-corrected chi connectivity index (χ1v) is 9.12. The monoisotopic (exact) mass is 319 g/mol. The Hall–Kier alpha value is -1.14. The van der Waals surface area contributed by atoms with Crippen molar-refractivity contribution >= 4 is 26.8 Å². The highest BCUT2D eigenvalue weighted by Gasteiger charge is 2.39. The molecule has 2 aromatic heterocycles. The first-order chi connectivity index (χ1) is 10.6. The molecule has 2 fully saturated rings. The standard InChI is InChI=1S/C16H25N5S/c1-12-13-14(20(3)18-12)17-15(22-13)21-9-5-7-16(11-21)6-4-8-19(2)10-16/h4-11H2,1-3H3/t16-/m0/s1. The molecule has 1 atom stereocenters. The number of aryl methyl sites for hydroxylation is 2. The molecule has 2 aromatic rings. The van der Waals surface area contributed by atoms with Gasteiger partial charge in [0.15, 0.2) is 10.8 Å². The predicted molar refractivity (Wildman–Crippen MR) is 91.7 cm³/mol. The Morgan fingerprint density at radius 2 is 1.86 bits per heavy atom. The molecule has 5 nitrogen and oxygen atoms in total. The molecule has 0 radical (unpaired) electrons. The zero-order chi connectivity index (χ0) is 15.3. The van der Waals surface area contributed by atoms with Crippen LogP contribution in [0.25, 0.3) is 10.3 Å². The Bertz CT molecular complexity index is 652. The van der Waals surface area contributed by atoms with Crippen LogP contribution in [0, 0.1) is 12.3 Å². The maximum Gasteiger partial charge on any atom is 0.188 e. The molecule has 120 valence electrons. The Morgan fingerprint density at radius 3 is 2.59 bits per heavy atom. The highest BCUT2D eigenvalue weighted by atomic mass is 32.1. The molecule has 0 amide bonds. The summed E-state index contributed by atoms with van der Waals surface area (Å²) in [6.45, 7) is 6.90. The zero-order valence-electron chi connectivity index (χ0n) is 13.8. The number of hydrogen-bond donors (Lipinski definition) is 0. The fraction of sp³-hybridized carbons (Fsp3) is 0.750. The van der Waals surface area contributed by atoms with Crippen LogP contribution >= 0.6 is 11.3 Å². The van der Waals surface area contributed by atoms with E-state index in [1.54, 1.807) is 0 Å². The highest BCUT2D eigenvalue weighted by molar-refractivity contribution is 7.22. The average Bonchev–Trinajstić information content (AvgIpc) is 3.01. The van der Waals surface area contributed by atoms with Crippen LogP contribution in [0.5, 0.6) is 0 Å². The SMILES string of the molecule is Cc1nn(C)c2nc(N3CCC[C@]4(CCCN(C)C4)C3)sc12. The molecule has 0 aliphatic carbocycles. The fourth-order valence-electron chi connectivity index (χ4n) is 4.37. The number of anilines is 1. The lowest BCUT2D eigenvalue weighted by Crippen LogP contribution is -2.51. The van der Waals surface area contributed by atoms with Crippen LogP contribution in [-0.2, 0) is 7.05 Å². The van der Waals surface area contributed by atoms with Gasteiger partial charge in [-0.15, -0.1) is 0 Å². The van der Waals surface area contributed by atoms with Gasteiger partial charge in [0.1, 0.15) is 0 Å². The third kappa shape index (κ3) is 2.33. The lowest BCUT2D eigenvalue weighted by atomic mass is 9.74. The lowest BCUT2D eigenvalue weighted by molar-refractivity contribution is 0.0910. The Labute approximate surface area is 135 Å². The summed E-state index contributed by atoms with van der Waals surface area (Å²) in [6.07, 6.45) is 5.38. The van der Waals surface area contributed by atoms with Gasteiger partial charge in [0, 0.05) is 32.1 Å². The number of fused-ring (bicyclic) bond motifs is 1. The van der Waals surface area contributed by atoms with Crippen LogP contribution in [-0.4, -0.2) is 52.9 Å². The van der Waals surface area contributed by atoms with E-state index in [9.17, 15) is 0 Å². The van der Waals surface area contributed by atoms with Crippen LogP contribution in [0.1, 0.15) is 31.4 Å². The van der Waals surface area contributed by atoms with Crippen LogP contribution in [0.15, 0.2) is 0 Å². The third-order valence-electron chi connectivity index (χ3n) is 5.32. The number of thiazole rings is 1. The van der Waals surface area contributed by atoms with Gasteiger partial charge >= 0.3 is 0 Å². The van der Waals surface area contributed by atoms with E-state index in [4.69, 9.17) is 4.98 Å². The van der Waals surface area contributed by atoms with Crippen LogP contribution in [0.4, 0.5) is 5.13 Å². The van der Waals surface area contributed by atoms with E-state index in [2.05, 4.69) is 28.9 Å². The molecule has 22 heavy (non-hydrogen) atoms. The number of piperidine rings is 2. The summed E-state index contributed by atoms with van der Waals surface area (Å²) in [7, 11) is 4.26. The largest absolute Gasteiger partial charge is 0.347 e. The van der Waals surface area contributed by atoms with E-state index >= 15 is 0 Å². The number of nitrogens with zero attached hydrogens (tertiary/aromatic N) is 5. The Kier molecular flexibility index (Phi) is 3.42. The van der Waals surface area contributed by atoms with Gasteiger partial charge in [0.2, 0.25) is 0 Å². The Balaban J connectivity index is 1.62. The predicted octanol–water partition coefficient (Wildman–Crippen LogP) is 2.65. The average molecular weight is 319 g/mol. The van der Waals surface area contributed by atoms with E-state index in [1.807, 2.05) is 23.1 Å². The van der Waals surface area contributed by atoms with Gasteiger partial charge in [0.25, 0.3) is 0 Å². The second kappa shape index (κ2) is 5.20. The topological polar surface area (TPSA) is 37.2 Å². The second-order valence-corrected chi connectivity index (χ2v) is 8.20. The molecule has 0 saturated carbocycles. The summed E-state index contributed by atoms with van der Waals surface area (Å²) in [5.41, 5.74) is 2.62. The van der Waals surface area contributed by atoms with Crippen molar-refractivity contribution in [2.75, 3.05) is 38.1 Å². The van der Waals surface area contributed by atoms with E-state index in [0.717, 1.165) is 17.9 Å². The molecule has 1 spiro atoms. The van der Waals surface area contributed by atoms with Crippen molar-refractivity contribution in [3.8, 4) is 0 Å². The van der Waals surface area contributed by atoms with Crippen molar-refractivity contribution < 1.29 is 0 Å². The maximum atomic E-state index is 4.89. The molecule has 6 heteroatoms. The smallest absolute Gasteiger partial charge is 0.188 e. The van der Waals surface area contributed by atoms with Crippen molar-refractivity contribution in [1.29, 1.82) is 0 Å². The van der Waals surface area contributed by atoms with Gasteiger partial charge < -0.3 is 9.80 Å². The fourth-order valence-corrected chi connectivity index (χ4v) is 5.43. The van der Waals surface area contributed by atoms with Crippen LogP contribution in [0.2, 0.25) is 0 Å². The minimum atomic E-state index is 0.483. The van der Waals surface area contributed by atoms with Crippen LogP contribution in [0.3, 0.4) is 0 Å². The van der Waals surface area contributed by atoms with E-state index in [0.29, 0.717) is 5.41 Å². The van der Waals surface area contributed by atoms with E-state index in [-0.39, 0.29) is 0 Å². The quantitative estimate of drug-likeness (QED) is 0.810. The first-order valence-electron chi connectivity index (χ1n) is 8.30. The van der Waals surface area contributed by atoms with Crippen molar-refractivity contribution in [3.05, 3.63) is 5.69 Å². The normalized spacial score (nSPS) is 27.1. The third-order valence-corrected chi connectivity index (χ3v) is 6.53. The maximum absolute atomic E-state index is 4.89. The van der Waals surface area contributed by atoms with E-state index in [1.165, 1.54) is 55.1 Å². The molecular weight excluding hydrogens is 294 g/mol. The molecule has 2 aliphatic rings. The molecule has 2 aliphatic heterocycles.